The van der Waals surface area contributed by atoms with Crippen molar-refractivity contribution in [2.24, 2.45) is 0 Å². The minimum absolute atomic E-state index is 0.236. The highest BCUT2D eigenvalue weighted by Gasteiger charge is 2.06. The van der Waals surface area contributed by atoms with E-state index in [-0.39, 0.29) is 6.61 Å². The predicted molar refractivity (Wildman–Crippen MR) is 82.7 cm³/mol. The van der Waals surface area contributed by atoms with Crippen molar-refractivity contribution in [3.63, 3.8) is 0 Å². The predicted octanol–water partition coefficient (Wildman–Crippen LogP) is 2.25. The van der Waals surface area contributed by atoms with Crippen LogP contribution in [0.25, 0.3) is 0 Å². The number of anilines is 1. The number of hydrogen-bond donors (Lipinski definition) is 2. The first-order chi connectivity index (χ1) is 10.0. The smallest absolute Gasteiger partial charge is 0.130 e. The third-order valence-corrected chi connectivity index (χ3v) is 2.92. The molecule has 0 aliphatic heterocycles. The third kappa shape index (κ3) is 5.04. The summed E-state index contributed by atoms with van der Waals surface area (Å²) >= 11 is 0. The molecule has 1 heterocycles. The van der Waals surface area contributed by atoms with E-state index in [0.717, 1.165) is 22.8 Å². The van der Waals surface area contributed by atoms with E-state index in [1.807, 2.05) is 51.1 Å². The average Bonchev–Trinajstić information content (AvgIpc) is 2.42. The molecule has 5 nitrogen and oxygen atoms in total. The van der Waals surface area contributed by atoms with Gasteiger partial charge >= 0.3 is 0 Å². The van der Waals surface area contributed by atoms with Gasteiger partial charge in [0, 0.05) is 18.3 Å². The maximum Gasteiger partial charge on any atom is 0.130 e. The lowest BCUT2D eigenvalue weighted by atomic mass is 10.2. The van der Waals surface area contributed by atoms with Gasteiger partial charge in [-0.15, -0.1) is 0 Å². The summed E-state index contributed by atoms with van der Waals surface area (Å²) in [5.41, 5.74) is 2.03. The van der Waals surface area contributed by atoms with Gasteiger partial charge in [0.05, 0.1) is 0 Å². The van der Waals surface area contributed by atoms with Gasteiger partial charge < -0.3 is 15.2 Å². The van der Waals surface area contributed by atoms with E-state index < -0.39 is 6.10 Å². The summed E-state index contributed by atoms with van der Waals surface area (Å²) in [6.07, 6.45) is -0.610. The molecule has 1 unspecified atom stereocenters. The Kier molecular flexibility index (Phi) is 5.11. The minimum atomic E-state index is -0.610. The van der Waals surface area contributed by atoms with Gasteiger partial charge in [0.1, 0.15) is 30.1 Å². The van der Waals surface area contributed by atoms with Crippen molar-refractivity contribution in [1.29, 1.82) is 0 Å². The fourth-order valence-electron chi connectivity index (χ4n) is 1.99. The number of nitrogens with zero attached hydrogens (tertiary/aromatic N) is 2. The SMILES string of the molecule is Cc1cccc(OCC(O)CNc2cc(C)nc(C)n2)c1. The lowest BCUT2D eigenvalue weighted by molar-refractivity contribution is 0.117. The Morgan fingerprint density at radius 1 is 1.19 bits per heavy atom. The molecule has 0 aliphatic carbocycles. The summed E-state index contributed by atoms with van der Waals surface area (Å²) in [5.74, 6) is 2.19. The van der Waals surface area contributed by atoms with Gasteiger partial charge in [0.25, 0.3) is 0 Å². The van der Waals surface area contributed by atoms with E-state index >= 15 is 0 Å². The van der Waals surface area contributed by atoms with Crippen molar-refractivity contribution in [2.75, 3.05) is 18.5 Å². The fourth-order valence-corrected chi connectivity index (χ4v) is 1.99. The highest BCUT2D eigenvalue weighted by Crippen LogP contribution is 2.12. The van der Waals surface area contributed by atoms with Crippen LogP contribution >= 0.6 is 0 Å². The number of aromatic nitrogens is 2. The van der Waals surface area contributed by atoms with Crippen LogP contribution in [0.5, 0.6) is 5.75 Å². The number of aliphatic hydroxyl groups excluding tert-OH is 1. The summed E-state index contributed by atoms with van der Waals surface area (Å²) in [7, 11) is 0. The van der Waals surface area contributed by atoms with Gasteiger partial charge in [-0.3, -0.25) is 0 Å². The molecule has 0 radical (unpaired) electrons. The molecule has 0 fully saturated rings. The van der Waals surface area contributed by atoms with Crippen molar-refractivity contribution in [3.05, 3.63) is 47.4 Å². The Hall–Kier alpha value is -2.14. The molecule has 0 bridgehead atoms. The monoisotopic (exact) mass is 287 g/mol. The van der Waals surface area contributed by atoms with Gasteiger partial charge in [0.2, 0.25) is 0 Å². The number of benzene rings is 1. The van der Waals surface area contributed by atoms with E-state index in [4.69, 9.17) is 4.74 Å². The van der Waals surface area contributed by atoms with E-state index in [1.165, 1.54) is 0 Å². The van der Waals surface area contributed by atoms with Gasteiger partial charge in [-0.05, 0) is 38.5 Å². The maximum atomic E-state index is 9.95. The standard InChI is InChI=1S/C16H21N3O2/c1-11-5-4-6-15(7-11)21-10-14(20)9-17-16-8-12(2)18-13(3)19-16/h4-8,14,20H,9-10H2,1-3H3,(H,17,18,19). The quantitative estimate of drug-likeness (QED) is 0.853. The van der Waals surface area contributed by atoms with Crippen molar-refractivity contribution >= 4 is 5.82 Å². The van der Waals surface area contributed by atoms with Crippen molar-refractivity contribution in [1.82, 2.24) is 9.97 Å². The van der Waals surface area contributed by atoms with Crippen molar-refractivity contribution < 1.29 is 9.84 Å². The van der Waals surface area contributed by atoms with Crippen LogP contribution in [-0.4, -0.2) is 34.3 Å². The molecule has 1 aromatic heterocycles. The second-order valence-electron chi connectivity index (χ2n) is 5.10. The van der Waals surface area contributed by atoms with Crippen LogP contribution in [-0.2, 0) is 0 Å². The highest BCUT2D eigenvalue weighted by molar-refractivity contribution is 5.35. The number of rotatable bonds is 6. The van der Waals surface area contributed by atoms with Gasteiger partial charge in [-0.25, -0.2) is 9.97 Å². The second-order valence-corrected chi connectivity index (χ2v) is 5.10. The van der Waals surface area contributed by atoms with Crippen LogP contribution in [0.15, 0.2) is 30.3 Å². The highest BCUT2D eigenvalue weighted by atomic mass is 16.5. The number of aryl methyl sites for hydroxylation is 3. The molecule has 1 aromatic carbocycles. The van der Waals surface area contributed by atoms with Crippen LogP contribution in [0.3, 0.4) is 0 Å². The molecule has 0 amide bonds. The first-order valence-electron chi connectivity index (χ1n) is 6.96. The van der Waals surface area contributed by atoms with E-state index in [9.17, 15) is 5.11 Å². The molecule has 1 atom stereocenters. The summed E-state index contributed by atoms with van der Waals surface area (Å²) < 4.78 is 5.56. The first-order valence-corrected chi connectivity index (χ1v) is 6.96. The molecule has 21 heavy (non-hydrogen) atoms. The first kappa shape index (κ1) is 15.3. The molecule has 0 aliphatic rings. The van der Waals surface area contributed by atoms with Crippen LogP contribution in [0.4, 0.5) is 5.82 Å². The Bertz CT molecular complexity index is 582. The fraction of sp³-hybridized carbons (Fsp3) is 0.375. The Balaban J connectivity index is 1.80. The zero-order chi connectivity index (χ0) is 15.2. The van der Waals surface area contributed by atoms with Crippen LogP contribution < -0.4 is 10.1 Å². The Morgan fingerprint density at radius 2 is 2.00 bits per heavy atom. The summed E-state index contributed by atoms with van der Waals surface area (Å²) in [4.78, 5) is 8.47. The van der Waals surface area contributed by atoms with Crippen LogP contribution in [0.1, 0.15) is 17.1 Å². The molecule has 0 saturated carbocycles. The topological polar surface area (TPSA) is 67.3 Å². The second kappa shape index (κ2) is 7.04. The number of aliphatic hydroxyl groups is 1. The van der Waals surface area contributed by atoms with Gasteiger partial charge in [0.15, 0.2) is 0 Å². The van der Waals surface area contributed by atoms with E-state index in [1.54, 1.807) is 0 Å². The number of hydrogen-bond acceptors (Lipinski definition) is 5. The molecule has 0 spiro atoms. The Labute approximate surface area is 125 Å². The molecule has 0 saturated heterocycles. The summed E-state index contributed by atoms with van der Waals surface area (Å²) in [6.45, 7) is 6.37. The average molecular weight is 287 g/mol. The van der Waals surface area contributed by atoms with Crippen molar-refractivity contribution in [2.45, 2.75) is 26.9 Å². The Morgan fingerprint density at radius 3 is 2.71 bits per heavy atom. The van der Waals surface area contributed by atoms with Gasteiger partial charge in [-0.1, -0.05) is 12.1 Å². The zero-order valence-corrected chi connectivity index (χ0v) is 12.6. The number of nitrogens with one attached hydrogen (secondary N) is 1. The molecule has 2 N–H and O–H groups in total. The minimum Gasteiger partial charge on any atom is -0.491 e. The summed E-state index contributed by atoms with van der Waals surface area (Å²) in [5, 5.41) is 13.0. The van der Waals surface area contributed by atoms with Crippen LogP contribution in [0.2, 0.25) is 0 Å². The normalized spacial score (nSPS) is 12.0. The van der Waals surface area contributed by atoms with Gasteiger partial charge in [-0.2, -0.15) is 0 Å². The lowest BCUT2D eigenvalue weighted by Gasteiger charge is -2.14. The third-order valence-electron chi connectivity index (χ3n) is 2.92. The number of ether oxygens (including phenoxy) is 1. The molecule has 2 rings (SSSR count). The summed E-state index contributed by atoms with van der Waals surface area (Å²) in [6, 6.07) is 9.61. The van der Waals surface area contributed by atoms with E-state index in [2.05, 4.69) is 15.3 Å². The zero-order valence-electron chi connectivity index (χ0n) is 12.6. The largest absolute Gasteiger partial charge is 0.491 e. The van der Waals surface area contributed by atoms with E-state index in [0.29, 0.717) is 12.4 Å². The molecular formula is C16H21N3O2. The molecule has 5 heteroatoms. The maximum absolute atomic E-state index is 9.95. The molecule has 2 aromatic rings. The van der Waals surface area contributed by atoms with Crippen LogP contribution in [0, 0.1) is 20.8 Å². The lowest BCUT2D eigenvalue weighted by Crippen LogP contribution is -2.26. The van der Waals surface area contributed by atoms with Crippen molar-refractivity contribution in [3.8, 4) is 5.75 Å². The molecule has 112 valence electrons. The molecular weight excluding hydrogens is 266 g/mol.